The average Bonchev–Trinajstić information content (AvgIpc) is 2.75. The molecule has 0 bridgehead atoms. The molecule has 0 saturated carbocycles. The fraction of sp³-hybridized carbons (Fsp3) is 0.538. The van der Waals surface area contributed by atoms with E-state index in [0.29, 0.717) is 0 Å². The lowest BCUT2D eigenvalue weighted by Crippen LogP contribution is -2.18. The van der Waals surface area contributed by atoms with Crippen LogP contribution in [0, 0.1) is 0 Å². The van der Waals surface area contributed by atoms with Crippen molar-refractivity contribution in [2.75, 3.05) is 26.2 Å². The van der Waals surface area contributed by atoms with Crippen molar-refractivity contribution in [3.63, 3.8) is 0 Å². The van der Waals surface area contributed by atoms with E-state index in [9.17, 15) is 0 Å². The Morgan fingerprint density at radius 2 is 0.733 bits per heavy atom. The maximum Gasteiger partial charge on any atom is -0.000835 e. The zero-order chi connectivity index (χ0) is 19.5. The van der Waals surface area contributed by atoms with Gasteiger partial charge in [-0.15, -0.1) is 34.0 Å². The van der Waals surface area contributed by atoms with Crippen LogP contribution in [0.5, 0.6) is 0 Å². The quantitative estimate of drug-likeness (QED) is 0.212. The van der Waals surface area contributed by atoms with Crippen molar-refractivity contribution >= 4 is 34.0 Å². The van der Waals surface area contributed by atoms with Gasteiger partial charge < -0.3 is 10.6 Å². The molecule has 0 unspecified atom stereocenters. The van der Waals surface area contributed by atoms with Gasteiger partial charge in [0, 0.05) is 0 Å². The van der Waals surface area contributed by atoms with Crippen LogP contribution in [0.2, 0.25) is 0 Å². The Labute approximate surface area is 206 Å². The molecular formula is C26H42Br2N2. The van der Waals surface area contributed by atoms with E-state index in [4.69, 9.17) is 0 Å². The third-order valence-corrected chi connectivity index (χ3v) is 5.32. The van der Waals surface area contributed by atoms with Gasteiger partial charge in [0.05, 0.1) is 0 Å². The van der Waals surface area contributed by atoms with E-state index in [1.807, 2.05) is 0 Å². The van der Waals surface area contributed by atoms with Crippen molar-refractivity contribution in [3.05, 3.63) is 71.8 Å². The lowest BCUT2D eigenvalue weighted by Gasteiger charge is -2.06. The summed E-state index contributed by atoms with van der Waals surface area (Å²) in [7, 11) is 0. The van der Waals surface area contributed by atoms with Crippen LogP contribution in [-0.2, 0) is 12.8 Å². The molecule has 0 aliphatic carbocycles. The first kappa shape index (κ1) is 29.3. The summed E-state index contributed by atoms with van der Waals surface area (Å²) in [5, 5.41) is 7.15. The normalized spacial score (nSPS) is 10.3. The van der Waals surface area contributed by atoms with Crippen LogP contribution >= 0.6 is 34.0 Å². The second-order valence-electron chi connectivity index (χ2n) is 7.80. The van der Waals surface area contributed by atoms with Crippen LogP contribution in [-0.4, -0.2) is 26.2 Å². The summed E-state index contributed by atoms with van der Waals surface area (Å²) in [6.45, 7) is 4.54. The van der Waals surface area contributed by atoms with Gasteiger partial charge in [-0.05, 0) is 63.0 Å². The standard InChI is InChI=1S/C26H40N2.2BrH/c1(3-5-13-21-27-23-19-25-15-9-7-10-16-25)2-4-6-14-22-28-24-20-26-17-11-8-12-18-26;;/h7-12,15-18,27-28H,1-6,13-14,19-24H2;2*1H. The molecule has 0 aromatic heterocycles. The highest BCUT2D eigenvalue weighted by molar-refractivity contribution is 8.93. The number of unbranched alkanes of at least 4 members (excludes halogenated alkanes) is 7. The molecule has 0 heterocycles. The summed E-state index contributed by atoms with van der Waals surface area (Å²) in [6.07, 6.45) is 13.3. The highest BCUT2D eigenvalue weighted by Crippen LogP contribution is 2.08. The minimum Gasteiger partial charge on any atom is -0.316 e. The fourth-order valence-electron chi connectivity index (χ4n) is 3.57. The molecule has 0 fully saturated rings. The monoisotopic (exact) mass is 540 g/mol. The zero-order valence-electron chi connectivity index (χ0n) is 18.5. The first-order valence-electron chi connectivity index (χ1n) is 11.4. The van der Waals surface area contributed by atoms with Gasteiger partial charge in [0.2, 0.25) is 0 Å². The van der Waals surface area contributed by atoms with Crippen LogP contribution in [0.3, 0.4) is 0 Å². The SMILES string of the molecule is Br.Br.c1ccc(CCNCCCCCCCCCCNCCc2ccccc2)cc1. The maximum atomic E-state index is 3.57. The van der Waals surface area contributed by atoms with E-state index >= 15 is 0 Å². The van der Waals surface area contributed by atoms with Gasteiger partial charge in [0.15, 0.2) is 0 Å². The number of rotatable bonds is 17. The predicted molar refractivity (Wildman–Crippen MR) is 144 cm³/mol. The van der Waals surface area contributed by atoms with E-state index < -0.39 is 0 Å². The Morgan fingerprint density at radius 1 is 0.400 bits per heavy atom. The highest BCUT2D eigenvalue weighted by atomic mass is 79.9. The molecular weight excluding hydrogens is 500 g/mol. The molecule has 30 heavy (non-hydrogen) atoms. The number of nitrogens with one attached hydrogen (secondary N) is 2. The van der Waals surface area contributed by atoms with Crippen molar-refractivity contribution in [2.24, 2.45) is 0 Å². The minimum absolute atomic E-state index is 0. The minimum atomic E-state index is 0. The lowest BCUT2D eigenvalue weighted by atomic mass is 10.1. The molecule has 0 spiro atoms. The van der Waals surface area contributed by atoms with Crippen molar-refractivity contribution in [1.29, 1.82) is 0 Å². The summed E-state index contributed by atoms with van der Waals surface area (Å²) in [6, 6.07) is 21.5. The van der Waals surface area contributed by atoms with Gasteiger partial charge in [-0.2, -0.15) is 0 Å². The van der Waals surface area contributed by atoms with Gasteiger partial charge in [-0.25, -0.2) is 0 Å². The molecule has 0 aliphatic rings. The second kappa shape index (κ2) is 21.5. The molecule has 0 atom stereocenters. The van der Waals surface area contributed by atoms with Crippen LogP contribution in [0.15, 0.2) is 60.7 Å². The average molecular weight is 542 g/mol. The Morgan fingerprint density at radius 3 is 1.10 bits per heavy atom. The van der Waals surface area contributed by atoms with Crippen LogP contribution in [0.4, 0.5) is 0 Å². The summed E-state index contributed by atoms with van der Waals surface area (Å²) in [5.41, 5.74) is 2.86. The van der Waals surface area contributed by atoms with E-state index in [-0.39, 0.29) is 34.0 Å². The Bertz CT molecular complexity index is 525. The molecule has 2 aromatic carbocycles. The Hall–Kier alpha value is -0.680. The van der Waals surface area contributed by atoms with E-state index in [2.05, 4.69) is 71.3 Å². The molecule has 0 radical (unpaired) electrons. The van der Waals surface area contributed by atoms with Gasteiger partial charge in [0.1, 0.15) is 0 Å². The van der Waals surface area contributed by atoms with Crippen molar-refractivity contribution in [2.45, 2.75) is 64.2 Å². The molecule has 2 rings (SSSR count). The molecule has 170 valence electrons. The van der Waals surface area contributed by atoms with Gasteiger partial charge in [-0.1, -0.05) is 99.2 Å². The summed E-state index contributed by atoms with van der Waals surface area (Å²) < 4.78 is 0. The molecule has 2 N–H and O–H groups in total. The third-order valence-electron chi connectivity index (χ3n) is 5.32. The molecule has 2 aromatic rings. The largest absolute Gasteiger partial charge is 0.316 e. The first-order chi connectivity index (χ1) is 13.9. The van der Waals surface area contributed by atoms with E-state index in [1.165, 1.54) is 75.6 Å². The maximum absolute atomic E-state index is 3.57. The van der Waals surface area contributed by atoms with E-state index in [1.54, 1.807) is 0 Å². The Balaban J connectivity index is 0.00000420. The van der Waals surface area contributed by atoms with Crippen molar-refractivity contribution in [3.8, 4) is 0 Å². The highest BCUT2D eigenvalue weighted by Gasteiger charge is 1.95. The van der Waals surface area contributed by atoms with Crippen LogP contribution < -0.4 is 10.6 Å². The molecule has 0 aliphatic heterocycles. The first-order valence-corrected chi connectivity index (χ1v) is 11.4. The van der Waals surface area contributed by atoms with Gasteiger partial charge >= 0.3 is 0 Å². The molecule has 2 nitrogen and oxygen atoms in total. The second-order valence-corrected chi connectivity index (χ2v) is 7.80. The van der Waals surface area contributed by atoms with Crippen LogP contribution in [0.1, 0.15) is 62.5 Å². The summed E-state index contributed by atoms with van der Waals surface area (Å²) in [5.74, 6) is 0. The molecule has 0 amide bonds. The van der Waals surface area contributed by atoms with Gasteiger partial charge in [-0.3, -0.25) is 0 Å². The van der Waals surface area contributed by atoms with Crippen molar-refractivity contribution < 1.29 is 0 Å². The van der Waals surface area contributed by atoms with Crippen molar-refractivity contribution in [1.82, 2.24) is 10.6 Å². The van der Waals surface area contributed by atoms with E-state index in [0.717, 1.165) is 25.9 Å². The third kappa shape index (κ3) is 16.1. The number of halogens is 2. The molecule has 0 saturated heterocycles. The zero-order valence-corrected chi connectivity index (χ0v) is 21.9. The van der Waals surface area contributed by atoms with Gasteiger partial charge in [0.25, 0.3) is 0 Å². The number of hydrogen-bond acceptors (Lipinski definition) is 2. The molecule has 4 heteroatoms. The predicted octanol–water partition coefficient (Wildman–Crippen LogP) is 6.93. The number of hydrogen-bond donors (Lipinski definition) is 2. The summed E-state index contributed by atoms with van der Waals surface area (Å²) >= 11 is 0. The summed E-state index contributed by atoms with van der Waals surface area (Å²) in [4.78, 5) is 0. The number of benzene rings is 2. The van der Waals surface area contributed by atoms with Crippen LogP contribution in [0.25, 0.3) is 0 Å². The lowest BCUT2D eigenvalue weighted by molar-refractivity contribution is 0.541. The topological polar surface area (TPSA) is 24.1 Å². The Kier molecular flexibility index (Phi) is 21.1. The smallest absolute Gasteiger partial charge is 0.000835 e. The fourth-order valence-corrected chi connectivity index (χ4v) is 3.57.